The van der Waals surface area contributed by atoms with E-state index in [0.717, 1.165) is 0 Å². The largest absolute Gasteiger partial charge is 0.463 e. The summed E-state index contributed by atoms with van der Waals surface area (Å²) in [4.78, 5) is 31.0. The van der Waals surface area contributed by atoms with E-state index in [1.165, 1.54) is 10.9 Å². The van der Waals surface area contributed by atoms with Crippen molar-refractivity contribution in [3.8, 4) is 17.4 Å². The lowest BCUT2D eigenvalue weighted by atomic mass is 10.3. The number of nitrogens with one attached hydrogen (secondary N) is 2. The Bertz CT molecular complexity index is 972. The molecule has 0 spiro atoms. The van der Waals surface area contributed by atoms with Gasteiger partial charge in [-0.1, -0.05) is 0 Å². The van der Waals surface area contributed by atoms with E-state index in [9.17, 15) is 9.59 Å². The quantitative estimate of drug-likeness (QED) is 0.694. The summed E-state index contributed by atoms with van der Waals surface area (Å²) in [6.45, 7) is 4.96. The number of halogens is 1. The van der Waals surface area contributed by atoms with Gasteiger partial charge in [0.2, 0.25) is 11.9 Å². The third-order valence-electron chi connectivity index (χ3n) is 3.68. The monoisotopic (exact) mass is 361 g/mol. The number of carbonyl (C=O) groups excluding carboxylic acids is 1. The molecule has 0 saturated carbocycles. The van der Waals surface area contributed by atoms with Crippen LogP contribution in [-0.2, 0) is 4.79 Å². The Hall–Kier alpha value is -2.87. The maximum absolute atomic E-state index is 12.0. The third-order valence-corrected chi connectivity index (χ3v) is 3.88. The first kappa shape index (κ1) is 17.0. The van der Waals surface area contributed by atoms with Gasteiger partial charge in [0.05, 0.1) is 6.26 Å². The van der Waals surface area contributed by atoms with Crippen LogP contribution < -0.4 is 10.9 Å². The van der Waals surface area contributed by atoms with Crippen molar-refractivity contribution in [3.63, 3.8) is 0 Å². The second-order valence-corrected chi connectivity index (χ2v) is 6.16. The number of furan rings is 1. The van der Waals surface area contributed by atoms with E-state index in [0.29, 0.717) is 28.5 Å². The second-order valence-electron chi connectivity index (χ2n) is 5.51. The molecule has 0 fully saturated rings. The van der Waals surface area contributed by atoms with Crippen molar-refractivity contribution in [1.29, 1.82) is 0 Å². The number of amides is 1. The van der Waals surface area contributed by atoms with Crippen LogP contribution in [0.1, 0.15) is 18.2 Å². The Balaban J connectivity index is 2.13. The average Bonchev–Trinajstić information content (AvgIpc) is 3.21. The molecular weight excluding hydrogens is 346 g/mol. The number of aryl methyl sites for hydroxylation is 1. The highest BCUT2D eigenvalue weighted by molar-refractivity contribution is 6.32. The van der Waals surface area contributed by atoms with Crippen molar-refractivity contribution < 1.29 is 9.21 Å². The first-order chi connectivity index (χ1) is 11.9. The van der Waals surface area contributed by atoms with Gasteiger partial charge in [0.15, 0.2) is 5.76 Å². The normalized spacial score (nSPS) is 12.2. The smallest absolute Gasteiger partial charge is 0.255 e. The van der Waals surface area contributed by atoms with Crippen LogP contribution in [0, 0.1) is 13.8 Å². The molecular formula is C16H16ClN5O3. The molecule has 0 bridgehead atoms. The summed E-state index contributed by atoms with van der Waals surface area (Å²) < 4.78 is 6.67. The number of carbonyl (C=O) groups is 1. The van der Waals surface area contributed by atoms with Crippen molar-refractivity contribution in [3.05, 3.63) is 46.1 Å². The molecule has 3 rings (SSSR count). The van der Waals surface area contributed by atoms with Gasteiger partial charge in [-0.25, -0.2) is 4.98 Å². The molecule has 0 aliphatic carbocycles. The fourth-order valence-corrected chi connectivity index (χ4v) is 2.19. The van der Waals surface area contributed by atoms with E-state index in [4.69, 9.17) is 16.0 Å². The summed E-state index contributed by atoms with van der Waals surface area (Å²) >= 11 is 5.82. The van der Waals surface area contributed by atoms with Gasteiger partial charge >= 0.3 is 0 Å². The van der Waals surface area contributed by atoms with E-state index in [1.54, 1.807) is 39.0 Å². The molecule has 0 aliphatic heterocycles. The highest BCUT2D eigenvalue weighted by atomic mass is 35.5. The molecule has 0 aromatic carbocycles. The van der Waals surface area contributed by atoms with Gasteiger partial charge in [-0.05, 0) is 32.9 Å². The van der Waals surface area contributed by atoms with Gasteiger partial charge < -0.3 is 9.73 Å². The molecule has 9 heteroatoms. The van der Waals surface area contributed by atoms with Gasteiger partial charge in [0.1, 0.15) is 16.9 Å². The molecule has 1 unspecified atom stereocenters. The van der Waals surface area contributed by atoms with Crippen LogP contribution in [-0.4, -0.2) is 31.0 Å². The molecule has 25 heavy (non-hydrogen) atoms. The summed E-state index contributed by atoms with van der Waals surface area (Å²) in [6, 6.07) is 5.08. The van der Waals surface area contributed by atoms with Crippen molar-refractivity contribution in [2.24, 2.45) is 0 Å². The number of aromatic nitrogens is 4. The number of nitrogens with zero attached hydrogens (tertiary/aromatic N) is 3. The topological polar surface area (TPSA) is 106 Å². The van der Waals surface area contributed by atoms with Gasteiger partial charge in [-0.2, -0.15) is 9.78 Å². The molecule has 1 atom stereocenters. The minimum Gasteiger partial charge on any atom is -0.463 e. The predicted octanol–water partition coefficient (Wildman–Crippen LogP) is 2.40. The van der Waals surface area contributed by atoms with Crippen LogP contribution >= 0.6 is 11.6 Å². The van der Waals surface area contributed by atoms with Gasteiger partial charge in [-0.15, -0.1) is 11.6 Å². The van der Waals surface area contributed by atoms with E-state index in [2.05, 4.69) is 20.4 Å². The molecule has 3 aromatic rings. The highest BCUT2D eigenvalue weighted by Gasteiger charge is 2.19. The summed E-state index contributed by atoms with van der Waals surface area (Å²) in [5.41, 5.74) is 1.28. The maximum Gasteiger partial charge on any atom is 0.255 e. The SMILES string of the molecule is Cc1nc(-n2nc(-c3ccco3)cc2NC(=O)C(C)Cl)[nH]c(=O)c1C. The fourth-order valence-electron chi connectivity index (χ4n) is 2.13. The number of hydrogen-bond donors (Lipinski definition) is 2. The molecule has 3 aromatic heterocycles. The Morgan fingerprint density at radius 1 is 1.44 bits per heavy atom. The van der Waals surface area contributed by atoms with Crippen LogP contribution in [0.4, 0.5) is 5.82 Å². The number of aromatic amines is 1. The Kier molecular flexibility index (Phi) is 4.45. The summed E-state index contributed by atoms with van der Waals surface area (Å²) in [5, 5.41) is 6.32. The number of rotatable bonds is 4. The number of H-pyrrole nitrogens is 1. The molecule has 2 N–H and O–H groups in total. The van der Waals surface area contributed by atoms with Gasteiger partial charge in [-0.3, -0.25) is 14.6 Å². The standard InChI is InChI=1S/C16H16ClN5O3/c1-8-10(3)18-16(20-14(8)23)22-13(19-15(24)9(2)17)7-11(21-22)12-5-4-6-25-12/h4-7,9H,1-3H3,(H,19,24)(H,18,20,23). The Labute approximate surface area is 147 Å². The molecule has 1 amide bonds. The minimum atomic E-state index is -0.734. The van der Waals surface area contributed by atoms with Gasteiger partial charge in [0.25, 0.3) is 5.56 Å². The van der Waals surface area contributed by atoms with Gasteiger partial charge in [0, 0.05) is 17.3 Å². The first-order valence-corrected chi connectivity index (χ1v) is 7.97. The van der Waals surface area contributed by atoms with Crippen LogP contribution in [0.15, 0.2) is 33.7 Å². The van der Waals surface area contributed by atoms with Crippen LogP contribution in [0.5, 0.6) is 0 Å². The summed E-state index contributed by atoms with van der Waals surface area (Å²) in [5.74, 6) is 0.609. The zero-order valence-electron chi connectivity index (χ0n) is 13.8. The Morgan fingerprint density at radius 3 is 2.80 bits per heavy atom. The number of alkyl halides is 1. The Morgan fingerprint density at radius 2 is 2.20 bits per heavy atom. The maximum atomic E-state index is 12.0. The van der Waals surface area contributed by atoms with E-state index >= 15 is 0 Å². The molecule has 0 radical (unpaired) electrons. The molecule has 8 nitrogen and oxygen atoms in total. The number of hydrogen-bond acceptors (Lipinski definition) is 5. The molecule has 3 heterocycles. The second kappa shape index (κ2) is 6.56. The fraction of sp³-hybridized carbons (Fsp3) is 0.250. The third kappa shape index (κ3) is 3.34. The first-order valence-electron chi connectivity index (χ1n) is 7.53. The van der Waals surface area contributed by atoms with Crippen molar-refractivity contribution in [2.75, 3.05) is 5.32 Å². The minimum absolute atomic E-state index is 0.184. The lowest BCUT2D eigenvalue weighted by Gasteiger charge is -2.09. The summed E-state index contributed by atoms with van der Waals surface area (Å²) in [7, 11) is 0. The average molecular weight is 362 g/mol. The zero-order chi connectivity index (χ0) is 18.1. The van der Waals surface area contributed by atoms with Crippen molar-refractivity contribution >= 4 is 23.3 Å². The lowest BCUT2D eigenvalue weighted by Crippen LogP contribution is -2.24. The zero-order valence-corrected chi connectivity index (χ0v) is 14.6. The van der Waals surface area contributed by atoms with Crippen molar-refractivity contribution in [1.82, 2.24) is 19.7 Å². The summed E-state index contributed by atoms with van der Waals surface area (Å²) in [6.07, 6.45) is 1.52. The number of anilines is 1. The molecule has 0 saturated heterocycles. The van der Waals surface area contributed by atoms with Crippen molar-refractivity contribution in [2.45, 2.75) is 26.1 Å². The predicted molar refractivity (Wildman–Crippen MR) is 93.1 cm³/mol. The highest BCUT2D eigenvalue weighted by Crippen LogP contribution is 2.24. The van der Waals surface area contributed by atoms with E-state index in [-0.39, 0.29) is 11.5 Å². The molecule has 0 aliphatic rings. The van der Waals surface area contributed by atoms with E-state index < -0.39 is 11.3 Å². The van der Waals surface area contributed by atoms with Crippen LogP contribution in [0.25, 0.3) is 17.4 Å². The van der Waals surface area contributed by atoms with Crippen LogP contribution in [0.3, 0.4) is 0 Å². The van der Waals surface area contributed by atoms with E-state index in [1.807, 2.05) is 0 Å². The van der Waals surface area contributed by atoms with Crippen LogP contribution in [0.2, 0.25) is 0 Å². The lowest BCUT2D eigenvalue weighted by molar-refractivity contribution is -0.115. The molecule has 130 valence electrons.